The Morgan fingerprint density at radius 1 is 1.21 bits per heavy atom. The lowest BCUT2D eigenvalue weighted by Gasteiger charge is -2.43. The van der Waals surface area contributed by atoms with Crippen LogP contribution in [0.5, 0.6) is 5.75 Å². The van der Waals surface area contributed by atoms with Gasteiger partial charge in [-0.3, -0.25) is 0 Å². The Balaban J connectivity index is 2.07. The van der Waals surface area contributed by atoms with E-state index in [0.717, 1.165) is 6.42 Å². The normalized spacial score (nSPS) is 26.1. The highest BCUT2D eigenvalue weighted by molar-refractivity contribution is 6.43. The average molecular weight is 325 g/mol. The molecule has 0 aliphatic heterocycles. The molecule has 1 aliphatic carbocycles. The van der Waals surface area contributed by atoms with E-state index in [2.05, 4.69) is 5.32 Å². The summed E-state index contributed by atoms with van der Waals surface area (Å²) in [6.45, 7) is 2.62. The van der Waals surface area contributed by atoms with Gasteiger partial charge in [-0.2, -0.15) is 0 Å². The molecule has 106 valence electrons. The molecule has 3 nitrogen and oxygen atoms in total. The largest absolute Gasteiger partial charge is 0.486 e. The highest BCUT2D eigenvalue weighted by Crippen LogP contribution is 2.37. The smallest absolute Gasteiger partial charge is 0.140 e. The van der Waals surface area contributed by atoms with E-state index in [1.54, 1.807) is 12.1 Å². The lowest BCUT2D eigenvalue weighted by Crippen LogP contribution is -2.60. The fourth-order valence-electron chi connectivity index (χ4n) is 2.15. The van der Waals surface area contributed by atoms with Crippen molar-refractivity contribution in [3.05, 3.63) is 27.2 Å². The third-order valence-electron chi connectivity index (χ3n) is 3.23. The molecule has 0 bridgehead atoms. The molecule has 0 heterocycles. The van der Waals surface area contributed by atoms with E-state index in [1.165, 1.54) is 0 Å². The maximum absolute atomic E-state index is 6.10. The van der Waals surface area contributed by atoms with Gasteiger partial charge in [0.1, 0.15) is 18.0 Å². The average Bonchev–Trinajstić information content (AvgIpc) is 2.36. The summed E-state index contributed by atoms with van der Waals surface area (Å²) < 4.78 is 11.5. The van der Waals surface area contributed by atoms with Gasteiger partial charge in [0.2, 0.25) is 0 Å². The first kappa shape index (κ1) is 15.2. The summed E-state index contributed by atoms with van der Waals surface area (Å²) in [6.07, 6.45) is 0.880. The summed E-state index contributed by atoms with van der Waals surface area (Å²) in [6, 6.07) is 3.54. The van der Waals surface area contributed by atoms with Crippen molar-refractivity contribution >= 4 is 34.8 Å². The molecule has 0 amide bonds. The van der Waals surface area contributed by atoms with Gasteiger partial charge in [-0.25, -0.2) is 0 Å². The topological polar surface area (TPSA) is 30.5 Å². The third-order valence-corrected chi connectivity index (χ3v) is 4.25. The quantitative estimate of drug-likeness (QED) is 0.836. The summed E-state index contributed by atoms with van der Waals surface area (Å²) in [5.74, 6) is 0.542. The first-order valence-electron chi connectivity index (χ1n) is 6.16. The second-order valence-corrected chi connectivity index (χ2v) is 5.63. The predicted molar refractivity (Wildman–Crippen MR) is 78.8 cm³/mol. The van der Waals surface area contributed by atoms with Gasteiger partial charge in [0.05, 0.1) is 15.1 Å². The molecule has 2 rings (SSSR count). The summed E-state index contributed by atoms with van der Waals surface area (Å²) in [5.41, 5.74) is 0. The van der Waals surface area contributed by atoms with Gasteiger partial charge < -0.3 is 14.8 Å². The van der Waals surface area contributed by atoms with Crippen molar-refractivity contribution in [1.29, 1.82) is 0 Å². The van der Waals surface area contributed by atoms with Gasteiger partial charge in [0.25, 0.3) is 0 Å². The van der Waals surface area contributed by atoms with Gasteiger partial charge in [-0.05, 0) is 20.0 Å². The molecule has 0 spiro atoms. The van der Waals surface area contributed by atoms with Crippen LogP contribution in [0, 0.1) is 0 Å². The maximum Gasteiger partial charge on any atom is 0.140 e. The van der Waals surface area contributed by atoms with E-state index >= 15 is 0 Å². The molecule has 19 heavy (non-hydrogen) atoms. The predicted octanol–water partition coefficient (Wildman–Crippen LogP) is 3.79. The Kier molecular flexibility index (Phi) is 5.21. The zero-order valence-corrected chi connectivity index (χ0v) is 13.0. The number of ether oxygens (including phenoxy) is 2. The van der Waals surface area contributed by atoms with Crippen LogP contribution in [0.15, 0.2) is 12.1 Å². The Hall–Kier alpha value is -0.190. The minimum Gasteiger partial charge on any atom is -0.486 e. The Morgan fingerprint density at radius 3 is 2.53 bits per heavy atom. The van der Waals surface area contributed by atoms with Gasteiger partial charge in [0.15, 0.2) is 0 Å². The second-order valence-electron chi connectivity index (χ2n) is 4.40. The van der Waals surface area contributed by atoms with Crippen LogP contribution in [-0.4, -0.2) is 31.9 Å². The molecule has 1 N–H and O–H groups in total. The zero-order valence-electron chi connectivity index (χ0n) is 10.8. The van der Waals surface area contributed by atoms with Crippen LogP contribution in [-0.2, 0) is 4.74 Å². The SMILES string of the molecule is CCOC1C(NC)CC1Oc1cc(Cl)c(Cl)cc1Cl. The fourth-order valence-corrected chi connectivity index (χ4v) is 2.73. The minimum atomic E-state index is -0.0212. The van der Waals surface area contributed by atoms with Crippen molar-refractivity contribution in [3.8, 4) is 5.75 Å². The van der Waals surface area contributed by atoms with E-state index in [0.29, 0.717) is 33.5 Å². The molecule has 0 aromatic heterocycles. The zero-order chi connectivity index (χ0) is 14.0. The molecular weight excluding hydrogens is 309 g/mol. The van der Waals surface area contributed by atoms with Gasteiger partial charge in [-0.1, -0.05) is 34.8 Å². The number of halogens is 3. The number of nitrogens with one attached hydrogen (secondary N) is 1. The molecule has 3 atom stereocenters. The van der Waals surface area contributed by atoms with Crippen molar-refractivity contribution in [2.24, 2.45) is 0 Å². The highest BCUT2D eigenvalue weighted by atomic mass is 35.5. The number of likely N-dealkylation sites (N-methyl/N-ethyl adjacent to an activating group) is 1. The first-order chi connectivity index (χ1) is 9.06. The Morgan fingerprint density at radius 2 is 1.89 bits per heavy atom. The molecule has 1 aromatic carbocycles. The van der Waals surface area contributed by atoms with Crippen LogP contribution in [0.1, 0.15) is 13.3 Å². The van der Waals surface area contributed by atoms with Crippen molar-refractivity contribution in [1.82, 2.24) is 5.32 Å². The molecule has 1 fully saturated rings. The van der Waals surface area contributed by atoms with E-state index in [9.17, 15) is 0 Å². The third kappa shape index (κ3) is 3.29. The summed E-state index contributed by atoms with van der Waals surface area (Å²) in [4.78, 5) is 0. The van der Waals surface area contributed by atoms with Crippen LogP contribution in [0.25, 0.3) is 0 Å². The Labute approximate surface area is 128 Å². The van der Waals surface area contributed by atoms with Crippen molar-refractivity contribution in [2.45, 2.75) is 31.6 Å². The molecule has 1 saturated carbocycles. The molecule has 1 aliphatic rings. The molecule has 3 unspecified atom stereocenters. The summed E-state index contributed by atoms with van der Waals surface area (Å²) >= 11 is 18.0. The van der Waals surface area contributed by atoms with Crippen molar-refractivity contribution in [2.75, 3.05) is 13.7 Å². The van der Waals surface area contributed by atoms with Crippen LogP contribution >= 0.6 is 34.8 Å². The molecule has 0 radical (unpaired) electrons. The van der Waals surface area contributed by atoms with E-state index in [4.69, 9.17) is 44.3 Å². The number of benzene rings is 1. The molecule has 6 heteroatoms. The summed E-state index contributed by atoms with van der Waals surface area (Å²) in [5, 5.41) is 4.51. The molecule has 1 aromatic rings. The van der Waals surface area contributed by atoms with E-state index in [1.807, 2.05) is 14.0 Å². The standard InChI is InChI=1S/C13H16Cl3NO2/c1-3-18-13-10(17-2)6-12(13)19-11-5-8(15)7(14)4-9(11)16/h4-5,10,12-13,17H,3,6H2,1-2H3. The summed E-state index contributed by atoms with van der Waals surface area (Å²) in [7, 11) is 1.92. The van der Waals surface area contributed by atoms with Crippen LogP contribution in [0.4, 0.5) is 0 Å². The number of hydrogen-bond donors (Lipinski definition) is 1. The minimum absolute atomic E-state index is 0.0212. The van der Waals surface area contributed by atoms with E-state index in [-0.39, 0.29) is 12.2 Å². The second kappa shape index (κ2) is 6.51. The lowest BCUT2D eigenvalue weighted by atomic mass is 9.85. The fraction of sp³-hybridized carbons (Fsp3) is 0.538. The van der Waals surface area contributed by atoms with E-state index < -0.39 is 0 Å². The molecular formula is C13H16Cl3NO2. The monoisotopic (exact) mass is 323 g/mol. The lowest BCUT2D eigenvalue weighted by molar-refractivity contribution is -0.103. The maximum atomic E-state index is 6.10. The first-order valence-corrected chi connectivity index (χ1v) is 7.30. The van der Waals surface area contributed by atoms with Crippen LogP contribution in [0.2, 0.25) is 15.1 Å². The Bertz CT molecular complexity index is 456. The van der Waals surface area contributed by atoms with Gasteiger partial charge >= 0.3 is 0 Å². The van der Waals surface area contributed by atoms with Crippen molar-refractivity contribution in [3.63, 3.8) is 0 Å². The number of hydrogen-bond acceptors (Lipinski definition) is 3. The van der Waals surface area contributed by atoms with Crippen LogP contribution < -0.4 is 10.1 Å². The number of rotatable bonds is 5. The molecule has 0 saturated heterocycles. The van der Waals surface area contributed by atoms with Crippen molar-refractivity contribution < 1.29 is 9.47 Å². The van der Waals surface area contributed by atoms with Crippen LogP contribution in [0.3, 0.4) is 0 Å². The van der Waals surface area contributed by atoms with Gasteiger partial charge in [-0.15, -0.1) is 0 Å². The van der Waals surface area contributed by atoms with Gasteiger partial charge in [0, 0.05) is 25.1 Å². The highest BCUT2D eigenvalue weighted by Gasteiger charge is 2.43.